The quantitative estimate of drug-likeness (QED) is 0.915. The molecule has 5 nitrogen and oxygen atoms in total. The van der Waals surface area contributed by atoms with Crippen molar-refractivity contribution in [3.05, 3.63) is 11.8 Å². The number of piperidine rings is 1. The summed E-state index contributed by atoms with van der Waals surface area (Å²) in [5.41, 5.74) is 7.09. The van der Waals surface area contributed by atoms with Crippen LogP contribution >= 0.6 is 0 Å². The highest BCUT2D eigenvalue weighted by Crippen LogP contribution is 2.37. The number of ether oxygens (including phenoxy) is 1. The molecule has 2 aliphatic heterocycles. The predicted octanol–water partition coefficient (Wildman–Crippen LogP) is 2.03. The molecule has 2 atom stereocenters. The molecule has 0 saturated carbocycles. The van der Waals surface area contributed by atoms with Gasteiger partial charge in [-0.15, -0.1) is 0 Å². The topological polar surface area (TPSA) is 64.3 Å². The van der Waals surface area contributed by atoms with E-state index in [-0.39, 0.29) is 6.10 Å². The first kappa shape index (κ1) is 13.6. The molecule has 2 unspecified atom stereocenters. The van der Waals surface area contributed by atoms with Gasteiger partial charge >= 0.3 is 0 Å². The summed E-state index contributed by atoms with van der Waals surface area (Å²) < 4.78 is 5.74. The minimum atomic E-state index is 0.128. The fourth-order valence-electron chi connectivity index (χ4n) is 3.49. The van der Waals surface area contributed by atoms with E-state index in [1.54, 1.807) is 0 Å². The van der Waals surface area contributed by atoms with E-state index in [2.05, 4.69) is 14.9 Å². The molecule has 2 saturated heterocycles. The minimum absolute atomic E-state index is 0.128. The van der Waals surface area contributed by atoms with Crippen molar-refractivity contribution < 1.29 is 4.74 Å². The number of aryl methyl sites for hydroxylation is 1. The highest BCUT2D eigenvalue weighted by Gasteiger charge is 2.41. The highest BCUT2D eigenvalue weighted by atomic mass is 16.5. The zero-order valence-electron chi connectivity index (χ0n) is 12.5. The van der Waals surface area contributed by atoms with E-state index in [4.69, 9.17) is 10.5 Å². The van der Waals surface area contributed by atoms with Crippen molar-refractivity contribution in [1.82, 2.24) is 9.97 Å². The van der Waals surface area contributed by atoms with Crippen LogP contribution in [0.15, 0.2) is 6.07 Å². The van der Waals surface area contributed by atoms with Crippen LogP contribution in [-0.4, -0.2) is 34.2 Å². The molecule has 0 amide bonds. The molecule has 1 aromatic heterocycles. The van der Waals surface area contributed by atoms with Gasteiger partial charge in [0.2, 0.25) is 11.8 Å². The molecular weight excluding hydrogens is 252 g/mol. The van der Waals surface area contributed by atoms with E-state index < -0.39 is 0 Å². The molecule has 0 radical (unpaired) electrons. The molecule has 0 spiro atoms. The maximum atomic E-state index is 6.13. The predicted molar refractivity (Wildman–Crippen MR) is 79.0 cm³/mol. The Bertz CT molecular complexity index is 477. The van der Waals surface area contributed by atoms with Crippen molar-refractivity contribution in [1.29, 1.82) is 0 Å². The fourth-order valence-corrected chi connectivity index (χ4v) is 3.49. The average Bonchev–Trinajstić information content (AvgIpc) is 2.60. The van der Waals surface area contributed by atoms with E-state index in [9.17, 15) is 0 Å². The number of rotatable bonds is 3. The summed E-state index contributed by atoms with van der Waals surface area (Å²) in [4.78, 5) is 11.6. The van der Waals surface area contributed by atoms with Gasteiger partial charge in [-0.25, -0.2) is 4.98 Å². The lowest BCUT2D eigenvalue weighted by Gasteiger charge is -2.37. The number of hydrogen-bond acceptors (Lipinski definition) is 5. The van der Waals surface area contributed by atoms with Gasteiger partial charge in [-0.05, 0) is 46.5 Å². The molecule has 0 aromatic carbocycles. The van der Waals surface area contributed by atoms with Crippen LogP contribution in [0.3, 0.4) is 0 Å². The van der Waals surface area contributed by atoms with Crippen LogP contribution < -0.4 is 15.4 Å². The highest BCUT2D eigenvalue weighted by molar-refractivity contribution is 5.40. The Hall–Kier alpha value is -1.36. The molecule has 2 fully saturated rings. The molecule has 2 bridgehead atoms. The van der Waals surface area contributed by atoms with Gasteiger partial charge in [0.05, 0.1) is 6.10 Å². The SMILES string of the molecule is Cc1cc(OC(C)C)nc(N2C3CCC2CC(N)C3)n1. The van der Waals surface area contributed by atoms with E-state index in [1.165, 1.54) is 12.8 Å². The number of anilines is 1. The molecule has 2 N–H and O–H groups in total. The molecule has 3 heterocycles. The molecule has 110 valence electrons. The van der Waals surface area contributed by atoms with Gasteiger partial charge in [-0.2, -0.15) is 4.98 Å². The third-order valence-corrected chi connectivity index (χ3v) is 4.18. The zero-order valence-corrected chi connectivity index (χ0v) is 12.5. The molecule has 3 rings (SSSR count). The van der Waals surface area contributed by atoms with Gasteiger partial charge in [0.1, 0.15) is 0 Å². The number of nitrogens with two attached hydrogens (primary N) is 1. The molecule has 2 aliphatic rings. The van der Waals surface area contributed by atoms with Crippen LogP contribution in [0, 0.1) is 6.92 Å². The normalized spacial score (nSPS) is 29.1. The Labute approximate surface area is 120 Å². The second-order valence-electron chi connectivity index (χ2n) is 6.34. The van der Waals surface area contributed by atoms with Crippen molar-refractivity contribution in [3.63, 3.8) is 0 Å². The van der Waals surface area contributed by atoms with Crippen molar-refractivity contribution in [2.45, 2.75) is 70.7 Å². The summed E-state index contributed by atoms with van der Waals surface area (Å²) >= 11 is 0. The first-order valence-electron chi connectivity index (χ1n) is 7.59. The van der Waals surface area contributed by atoms with E-state index in [0.29, 0.717) is 24.0 Å². The van der Waals surface area contributed by atoms with Gasteiger partial charge in [0.25, 0.3) is 0 Å². The average molecular weight is 276 g/mol. The van der Waals surface area contributed by atoms with Crippen molar-refractivity contribution in [3.8, 4) is 5.88 Å². The lowest BCUT2D eigenvalue weighted by molar-refractivity contribution is 0.232. The Morgan fingerprint density at radius 1 is 1.25 bits per heavy atom. The van der Waals surface area contributed by atoms with E-state index in [1.807, 2.05) is 26.8 Å². The van der Waals surface area contributed by atoms with Crippen LogP contribution in [0.25, 0.3) is 0 Å². The number of fused-ring (bicyclic) bond motifs is 2. The summed E-state index contributed by atoms with van der Waals surface area (Å²) in [5, 5.41) is 0. The Morgan fingerprint density at radius 3 is 2.50 bits per heavy atom. The monoisotopic (exact) mass is 276 g/mol. The second kappa shape index (κ2) is 5.20. The Morgan fingerprint density at radius 2 is 1.90 bits per heavy atom. The van der Waals surface area contributed by atoms with Gasteiger partial charge in [-0.1, -0.05) is 0 Å². The molecule has 5 heteroatoms. The summed E-state index contributed by atoms with van der Waals surface area (Å²) in [5.74, 6) is 1.50. The maximum Gasteiger partial charge on any atom is 0.229 e. The smallest absolute Gasteiger partial charge is 0.229 e. The lowest BCUT2D eigenvalue weighted by atomic mass is 9.99. The summed E-state index contributed by atoms with van der Waals surface area (Å²) in [6.07, 6.45) is 4.64. The fraction of sp³-hybridized carbons (Fsp3) is 0.733. The van der Waals surface area contributed by atoms with Gasteiger partial charge in [-0.3, -0.25) is 0 Å². The zero-order chi connectivity index (χ0) is 14.3. The van der Waals surface area contributed by atoms with E-state index in [0.717, 1.165) is 24.5 Å². The summed E-state index contributed by atoms with van der Waals surface area (Å²) in [7, 11) is 0. The Balaban J connectivity index is 1.88. The third kappa shape index (κ3) is 2.59. The summed E-state index contributed by atoms with van der Waals surface area (Å²) in [6, 6.07) is 3.23. The van der Waals surface area contributed by atoms with Crippen LogP contribution in [0.4, 0.5) is 5.95 Å². The maximum absolute atomic E-state index is 6.13. The van der Waals surface area contributed by atoms with Crippen LogP contribution in [0.5, 0.6) is 5.88 Å². The largest absolute Gasteiger partial charge is 0.475 e. The number of hydrogen-bond donors (Lipinski definition) is 1. The van der Waals surface area contributed by atoms with Gasteiger partial charge < -0.3 is 15.4 Å². The van der Waals surface area contributed by atoms with Gasteiger partial charge in [0.15, 0.2) is 0 Å². The first-order valence-corrected chi connectivity index (χ1v) is 7.59. The van der Waals surface area contributed by atoms with Crippen molar-refractivity contribution in [2.24, 2.45) is 5.73 Å². The lowest BCUT2D eigenvalue weighted by Crippen LogP contribution is -2.48. The molecule has 0 aliphatic carbocycles. The standard InChI is InChI=1S/C15H24N4O/c1-9(2)20-14-6-10(3)17-15(18-14)19-12-4-5-13(19)8-11(16)7-12/h6,9,11-13H,4-5,7-8,16H2,1-3H3. The third-order valence-electron chi connectivity index (χ3n) is 4.18. The molecule has 20 heavy (non-hydrogen) atoms. The minimum Gasteiger partial charge on any atom is -0.475 e. The Kier molecular flexibility index (Phi) is 3.54. The van der Waals surface area contributed by atoms with Gasteiger partial charge in [0, 0.05) is 29.9 Å². The summed E-state index contributed by atoms with van der Waals surface area (Å²) in [6.45, 7) is 6.03. The first-order chi connectivity index (χ1) is 9.52. The second-order valence-corrected chi connectivity index (χ2v) is 6.34. The number of nitrogens with zero attached hydrogens (tertiary/aromatic N) is 3. The van der Waals surface area contributed by atoms with Crippen molar-refractivity contribution in [2.75, 3.05) is 4.90 Å². The van der Waals surface area contributed by atoms with Crippen molar-refractivity contribution >= 4 is 5.95 Å². The molecular formula is C15H24N4O. The van der Waals surface area contributed by atoms with E-state index >= 15 is 0 Å². The van der Waals surface area contributed by atoms with Crippen LogP contribution in [0.2, 0.25) is 0 Å². The number of aromatic nitrogens is 2. The van der Waals surface area contributed by atoms with Crippen LogP contribution in [-0.2, 0) is 0 Å². The molecule has 1 aromatic rings. The van der Waals surface area contributed by atoms with Crippen LogP contribution in [0.1, 0.15) is 45.2 Å².